The van der Waals surface area contributed by atoms with E-state index in [4.69, 9.17) is 15.5 Å². The summed E-state index contributed by atoms with van der Waals surface area (Å²) in [5, 5.41) is 3.27. The Hall–Kier alpha value is -1.39. The van der Waals surface area contributed by atoms with Crippen LogP contribution in [0.3, 0.4) is 0 Å². The molecule has 0 spiro atoms. The van der Waals surface area contributed by atoms with Gasteiger partial charge in [-0.05, 0) is 31.9 Å². The van der Waals surface area contributed by atoms with Gasteiger partial charge in [-0.2, -0.15) is 0 Å². The van der Waals surface area contributed by atoms with Crippen LogP contribution in [-0.4, -0.2) is 11.6 Å². The van der Waals surface area contributed by atoms with Gasteiger partial charge in [0.25, 0.3) is 0 Å². The number of rotatable bonds is 4. The standard InChI is InChI=1S/C17H22N2OS/c1-2-20-17(10-4-3-5-11-17)16-19-15(12-21-16)13-6-8-14(18)9-7-13/h6-9,12H,2-5,10-11,18H2,1H3. The summed E-state index contributed by atoms with van der Waals surface area (Å²) in [6.45, 7) is 2.82. The largest absolute Gasteiger partial charge is 0.399 e. The van der Waals surface area contributed by atoms with Crippen molar-refractivity contribution in [2.75, 3.05) is 12.3 Å². The highest BCUT2D eigenvalue weighted by Gasteiger charge is 2.37. The summed E-state index contributed by atoms with van der Waals surface area (Å²) in [5.41, 5.74) is 8.53. The highest BCUT2D eigenvalue weighted by molar-refractivity contribution is 7.10. The molecule has 0 unspecified atom stereocenters. The number of nitrogens with two attached hydrogens (primary N) is 1. The molecule has 1 heterocycles. The maximum absolute atomic E-state index is 6.15. The number of nitrogen functional groups attached to an aromatic ring is 1. The first-order valence-corrected chi connectivity index (χ1v) is 8.57. The van der Waals surface area contributed by atoms with Crippen molar-refractivity contribution < 1.29 is 4.74 Å². The zero-order chi connectivity index (χ0) is 14.7. The maximum atomic E-state index is 6.15. The molecule has 0 amide bonds. The minimum absolute atomic E-state index is 0.149. The smallest absolute Gasteiger partial charge is 0.125 e. The van der Waals surface area contributed by atoms with Gasteiger partial charge in [0.05, 0.1) is 5.69 Å². The van der Waals surface area contributed by atoms with Gasteiger partial charge in [-0.1, -0.05) is 31.4 Å². The molecule has 1 fully saturated rings. The molecule has 0 bridgehead atoms. The Bertz CT molecular complexity index is 580. The van der Waals surface area contributed by atoms with Crippen LogP contribution < -0.4 is 5.73 Å². The van der Waals surface area contributed by atoms with Crippen LogP contribution in [0.15, 0.2) is 29.6 Å². The lowest BCUT2D eigenvalue weighted by Gasteiger charge is -2.35. The predicted molar refractivity (Wildman–Crippen MR) is 88.4 cm³/mol. The molecule has 1 aliphatic rings. The lowest BCUT2D eigenvalue weighted by Crippen LogP contribution is -2.32. The fourth-order valence-corrected chi connectivity index (χ4v) is 4.13. The number of nitrogens with zero attached hydrogens (tertiary/aromatic N) is 1. The van der Waals surface area contributed by atoms with Crippen LogP contribution in [0.1, 0.15) is 44.0 Å². The summed E-state index contributed by atoms with van der Waals surface area (Å²) >= 11 is 1.73. The van der Waals surface area contributed by atoms with Crippen molar-refractivity contribution in [3.05, 3.63) is 34.7 Å². The van der Waals surface area contributed by atoms with Crippen LogP contribution in [0.25, 0.3) is 11.3 Å². The number of hydrogen-bond acceptors (Lipinski definition) is 4. The van der Waals surface area contributed by atoms with Crippen molar-refractivity contribution >= 4 is 17.0 Å². The molecule has 3 rings (SSSR count). The highest BCUT2D eigenvalue weighted by Crippen LogP contribution is 2.42. The minimum Gasteiger partial charge on any atom is -0.399 e. The summed E-state index contributed by atoms with van der Waals surface area (Å²) in [6.07, 6.45) is 5.96. The van der Waals surface area contributed by atoms with E-state index in [9.17, 15) is 0 Å². The van der Waals surface area contributed by atoms with E-state index in [1.165, 1.54) is 19.3 Å². The Balaban J connectivity index is 1.90. The lowest BCUT2D eigenvalue weighted by atomic mass is 9.85. The molecule has 0 aliphatic heterocycles. The van der Waals surface area contributed by atoms with Gasteiger partial charge in [0, 0.05) is 23.2 Å². The van der Waals surface area contributed by atoms with Gasteiger partial charge in [0.15, 0.2) is 0 Å². The topological polar surface area (TPSA) is 48.1 Å². The van der Waals surface area contributed by atoms with E-state index in [0.29, 0.717) is 0 Å². The van der Waals surface area contributed by atoms with Crippen LogP contribution >= 0.6 is 11.3 Å². The van der Waals surface area contributed by atoms with Crippen molar-refractivity contribution in [3.8, 4) is 11.3 Å². The van der Waals surface area contributed by atoms with Gasteiger partial charge in [-0.15, -0.1) is 11.3 Å². The van der Waals surface area contributed by atoms with Gasteiger partial charge in [-0.3, -0.25) is 0 Å². The maximum Gasteiger partial charge on any atom is 0.125 e. The van der Waals surface area contributed by atoms with Crippen LogP contribution in [0, 0.1) is 0 Å². The van der Waals surface area contributed by atoms with Crippen LogP contribution in [0.5, 0.6) is 0 Å². The molecule has 1 aromatic heterocycles. The van der Waals surface area contributed by atoms with Crippen LogP contribution in [-0.2, 0) is 10.3 Å². The third-order valence-electron chi connectivity index (χ3n) is 4.18. The second kappa shape index (κ2) is 6.16. The molecule has 0 radical (unpaired) electrons. The Labute approximate surface area is 130 Å². The molecule has 0 atom stereocenters. The van der Waals surface area contributed by atoms with Crippen LogP contribution in [0.4, 0.5) is 5.69 Å². The molecular formula is C17H22N2OS. The van der Waals surface area contributed by atoms with E-state index in [2.05, 4.69) is 12.3 Å². The molecule has 2 N–H and O–H groups in total. The molecule has 112 valence electrons. The third kappa shape index (κ3) is 2.97. The quantitative estimate of drug-likeness (QED) is 0.840. The van der Waals surface area contributed by atoms with E-state index < -0.39 is 0 Å². The average molecular weight is 302 g/mol. The fraction of sp³-hybridized carbons (Fsp3) is 0.471. The number of thiazole rings is 1. The lowest BCUT2D eigenvalue weighted by molar-refractivity contribution is -0.0703. The normalized spacial score (nSPS) is 17.8. The summed E-state index contributed by atoms with van der Waals surface area (Å²) in [6, 6.07) is 7.91. The molecule has 0 saturated heterocycles. The van der Waals surface area contributed by atoms with Gasteiger partial charge in [0.1, 0.15) is 10.6 Å². The zero-order valence-corrected chi connectivity index (χ0v) is 13.3. The van der Waals surface area contributed by atoms with Crippen LogP contribution in [0.2, 0.25) is 0 Å². The first-order chi connectivity index (χ1) is 10.2. The minimum atomic E-state index is -0.149. The number of ether oxygens (including phenoxy) is 1. The second-order valence-electron chi connectivity index (χ2n) is 5.65. The van der Waals surface area contributed by atoms with Gasteiger partial charge < -0.3 is 10.5 Å². The van der Waals surface area contributed by atoms with E-state index >= 15 is 0 Å². The van der Waals surface area contributed by atoms with Crippen molar-refractivity contribution in [2.24, 2.45) is 0 Å². The molecule has 3 nitrogen and oxygen atoms in total. The Morgan fingerprint density at radius 1 is 1.19 bits per heavy atom. The number of benzene rings is 1. The van der Waals surface area contributed by atoms with Crippen molar-refractivity contribution in [1.29, 1.82) is 0 Å². The molecular weight excluding hydrogens is 280 g/mol. The second-order valence-corrected chi connectivity index (χ2v) is 6.51. The number of hydrogen-bond donors (Lipinski definition) is 1. The SMILES string of the molecule is CCOC1(c2nc(-c3ccc(N)cc3)cs2)CCCCC1. The molecule has 1 saturated carbocycles. The van der Waals surface area contributed by atoms with Crippen molar-refractivity contribution in [2.45, 2.75) is 44.6 Å². The third-order valence-corrected chi connectivity index (χ3v) is 5.21. The molecule has 21 heavy (non-hydrogen) atoms. The first kappa shape index (κ1) is 14.5. The molecule has 1 aromatic carbocycles. The summed E-state index contributed by atoms with van der Waals surface area (Å²) < 4.78 is 6.15. The Morgan fingerprint density at radius 2 is 1.90 bits per heavy atom. The predicted octanol–water partition coefficient (Wildman–Crippen LogP) is 4.59. The van der Waals surface area contributed by atoms with E-state index in [1.807, 2.05) is 24.3 Å². The number of anilines is 1. The monoisotopic (exact) mass is 302 g/mol. The van der Waals surface area contributed by atoms with E-state index in [1.54, 1.807) is 11.3 Å². The summed E-state index contributed by atoms with van der Waals surface area (Å²) in [4.78, 5) is 4.88. The van der Waals surface area contributed by atoms with E-state index in [0.717, 1.165) is 41.4 Å². The number of aromatic nitrogens is 1. The first-order valence-electron chi connectivity index (χ1n) is 7.69. The fourth-order valence-electron chi connectivity index (χ4n) is 3.09. The summed E-state index contributed by atoms with van der Waals surface area (Å²) in [5.74, 6) is 0. The van der Waals surface area contributed by atoms with Crippen molar-refractivity contribution in [3.63, 3.8) is 0 Å². The zero-order valence-electron chi connectivity index (χ0n) is 12.5. The van der Waals surface area contributed by atoms with Gasteiger partial charge in [0.2, 0.25) is 0 Å². The van der Waals surface area contributed by atoms with Gasteiger partial charge >= 0.3 is 0 Å². The average Bonchev–Trinajstić information content (AvgIpc) is 3.00. The highest BCUT2D eigenvalue weighted by atomic mass is 32.1. The molecule has 1 aliphatic carbocycles. The molecule has 2 aromatic rings. The van der Waals surface area contributed by atoms with Crippen molar-refractivity contribution in [1.82, 2.24) is 4.98 Å². The Morgan fingerprint density at radius 3 is 2.57 bits per heavy atom. The molecule has 4 heteroatoms. The summed E-state index contributed by atoms with van der Waals surface area (Å²) in [7, 11) is 0. The Kier molecular flexibility index (Phi) is 4.27. The van der Waals surface area contributed by atoms with Gasteiger partial charge in [-0.25, -0.2) is 4.98 Å². The van der Waals surface area contributed by atoms with E-state index in [-0.39, 0.29) is 5.60 Å².